The van der Waals surface area contributed by atoms with Gasteiger partial charge in [0.25, 0.3) is 0 Å². The monoisotopic (exact) mass is 613 g/mol. The van der Waals surface area contributed by atoms with E-state index in [0.717, 1.165) is 48.5 Å². The largest absolute Gasteiger partial charge is 0.458 e. The number of aldehydes is 1. The van der Waals surface area contributed by atoms with Gasteiger partial charge >= 0.3 is 5.97 Å². The SMILES string of the molecule is CC1CC(=C2N=CCS2)C2(O)OC3CC4(C=O)C(CCC5C4CCC4(C)C(C)(C6=CC(=O)OC6)CCC54O)CC3OC2O1. The summed E-state index contributed by atoms with van der Waals surface area (Å²) in [7, 11) is 0. The molecule has 2 N–H and O–H groups in total. The number of fused-ring (bicyclic) bond motifs is 7. The van der Waals surface area contributed by atoms with Gasteiger partial charge in [0, 0.05) is 46.3 Å². The first-order chi connectivity index (χ1) is 20.5. The normalized spacial score (nSPS) is 55.4. The van der Waals surface area contributed by atoms with Gasteiger partial charge in [-0.15, -0.1) is 11.8 Å². The van der Waals surface area contributed by atoms with E-state index in [9.17, 15) is 19.8 Å². The Bertz CT molecular complexity index is 1350. The van der Waals surface area contributed by atoms with E-state index >= 15 is 0 Å². The van der Waals surface area contributed by atoms with Crippen molar-refractivity contribution in [2.24, 2.45) is 39.0 Å². The molecule has 8 rings (SSSR count). The fraction of sp³-hybridized carbons (Fsp3) is 0.788. The fourth-order valence-corrected chi connectivity index (χ4v) is 11.9. The Labute approximate surface area is 256 Å². The molecule has 9 nitrogen and oxygen atoms in total. The minimum atomic E-state index is -1.76. The Kier molecular flexibility index (Phi) is 6.37. The topological polar surface area (TPSA) is 124 Å². The van der Waals surface area contributed by atoms with E-state index < -0.39 is 34.6 Å². The number of aliphatic hydroxyl groups is 2. The molecule has 0 spiro atoms. The number of hydrogen-bond acceptors (Lipinski definition) is 10. The second kappa shape index (κ2) is 9.48. The van der Waals surface area contributed by atoms with Gasteiger partial charge in [-0.05, 0) is 81.6 Å². The molecule has 12 atom stereocenters. The third-order valence-corrected chi connectivity index (χ3v) is 14.5. The minimum Gasteiger partial charge on any atom is -0.458 e. The lowest BCUT2D eigenvalue weighted by Gasteiger charge is -2.65. The van der Waals surface area contributed by atoms with Crippen LogP contribution >= 0.6 is 11.8 Å². The van der Waals surface area contributed by atoms with Crippen molar-refractivity contribution in [3.8, 4) is 0 Å². The Morgan fingerprint density at radius 3 is 2.63 bits per heavy atom. The van der Waals surface area contributed by atoms with Crippen molar-refractivity contribution in [2.75, 3.05) is 12.4 Å². The van der Waals surface area contributed by atoms with Crippen LogP contribution < -0.4 is 0 Å². The number of nitrogens with zero attached hydrogens (tertiary/aromatic N) is 1. The lowest BCUT2D eigenvalue weighted by atomic mass is 9.41. The van der Waals surface area contributed by atoms with Gasteiger partial charge < -0.3 is 34.0 Å². The predicted octanol–water partition coefficient (Wildman–Crippen LogP) is 4.06. The molecule has 6 fully saturated rings. The quantitative estimate of drug-likeness (QED) is 0.270. The average molecular weight is 614 g/mol. The lowest BCUT2D eigenvalue weighted by Crippen LogP contribution is -2.69. The summed E-state index contributed by atoms with van der Waals surface area (Å²) in [5, 5.41) is 25.5. The molecule has 0 aromatic heterocycles. The van der Waals surface area contributed by atoms with Crippen LogP contribution in [0.3, 0.4) is 0 Å². The highest BCUT2D eigenvalue weighted by Crippen LogP contribution is 2.73. The fourth-order valence-electron chi connectivity index (χ4n) is 11.1. The molecule has 0 bridgehead atoms. The van der Waals surface area contributed by atoms with E-state index in [1.165, 1.54) is 6.29 Å². The molecule has 234 valence electrons. The first-order valence-corrected chi connectivity index (χ1v) is 17.1. The van der Waals surface area contributed by atoms with E-state index in [-0.39, 0.29) is 41.3 Å². The molecule has 0 aromatic carbocycles. The van der Waals surface area contributed by atoms with Gasteiger partial charge in [0.15, 0.2) is 0 Å². The number of carbonyl (C=O) groups excluding carboxylic acids is 2. The van der Waals surface area contributed by atoms with Crippen molar-refractivity contribution in [3.63, 3.8) is 0 Å². The van der Waals surface area contributed by atoms with E-state index in [2.05, 4.69) is 18.8 Å². The van der Waals surface area contributed by atoms with Crippen LogP contribution in [0.5, 0.6) is 0 Å². The average Bonchev–Trinajstić information content (AvgIpc) is 3.72. The van der Waals surface area contributed by atoms with Gasteiger partial charge in [0.2, 0.25) is 12.1 Å². The Morgan fingerprint density at radius 2 is 1.91 bits per heavy atom. The van der Waals surface area contributed by atoms with Gasteiger partial charge in [-0.2, -0.15) is 0 Å². The molecule has 2 saturated heterocycles. The molecule has 4 aliphatic carbocycles. The van der Waals surface area contributed by atoms with Crippen molar-refractivity contribution in [3.05, 3.63) is 22.3 Å². The molecule has 0 aromatic rings. The zero-order valence-corrected chi connectivity index (χ0v) is 26.1. The van der Waals surface area contributed by atoms with Gasteiger partial charge in [-0.3, -0.25) is 4.99 Å². The lowest BCUT2D eigenvalue weighted by molar-refractivity contribution is -0.419. The molecule has 43 heavy (non-hydrogen) atoms. The van der Waals surface area contributed by atoms with Crippen LogP contribution in [-0.4, -0.2) is 77.0 Å². The minimum absolute atomic E-state index is 0.00646. The van der Waals surface area contributed by atoms with Crippen LogP contribution in [0.2, 0.25) is 0 Å². The van der Waals surface area contributed by atoms with Crippen LogP contribution in [0.25, 0.3) is 0 Å². The van der Waals surface area contributed by atoms with E-state index in [4.69, 9.17) is 18.9 Å². The summed E-state index contributed by atoms with van der Waals surface area (Å²) < 4.78 is 24.6. The summed E-state index contributed by atoms with van der Waals surface area (Å²) in [6, 6.07) is 0. The van der Waals surface area contributed by atoms with Gasteiger partial charge in [-0.25, -0.2) is 4.79 Å². The highest BCUT2D eigenvalue weighted by atomic mass is 32.2. The second-order valence-electron chi connectivity index (χ2n) is 15.0. The van der Waals surface area contributed by atoms with Crippen LogP contribution in [0, 0.1) is 34.0 Å². The maximum Gasteiger partial charge on any atom is 0.331 e. The van der Waals surface area contributed by atoms with Crippen LogP contribution in [0.15, 0.2) is 27.2 Å². The third kappa shape index (κ3) is 3.68. The number of carbonyl (C=O) groups is 2. The summed E-state index contributed by atoms with van der Waals surface area (Å²) in [6.45, 7) is 6.67. The van der Waals surface area contributed by atoms with Crippen LogP contribution in [0.4, 0.5) is 0 Å². The number of hydrogen-bond donors (Lipinski definition) is 2. The standard InChI is InChI=1S/C33H43NO8S/c1-18-12-23(27-34-10-11-43-27)33(38)28(40-18)41-24-13-19-4-5-22-21(31(19,17-35)15-25(24)42-33)6-7-30(3)29(2,8-9-32(22,30)37)20-14-26(36)39-16-20/h10,14,17-19,21-22,24-25,28,37-38H,4-9,11-13,15-16H2,1-3H3. The molecule has 0 radical (unpaired) electrons. The number of cyclic esters (lactones) is 1. The summed E-state index contributed by atoms with van der Waals surface area (Å²) in [6.07, 6.45) is 9.13. The van der Waals surface area contributed by atoms with Crippen LogP contribution in [-0.2, 0) is 28.5 Å². The number of aliphatic imine (C=N–C) groups is 1. The number of rotatable bonds is 2. The van der Waals surface area contributed by atoms with Crippen LogP contribution in [0.1, 0.15) is 78.6 Å². The van der Waals surface area contributed by atoms with E-state index in [1.807, 2.05) is 13.1 Å². The predicted molar refractivity (Wildman–Crippen MR) is 158 cm³/mol. The zero-order valence-electron chi connectivity index (χ0n) is 25.3. The summed E-state index contributed by atoms with van der Waals surface area (Å²) in [5.74, 6) is -1.22. The second-order valence-corrected chi connectivity index (χ2v) is 16.0. The molecule has 4 aliphatic heterocycles. The summed E-state index contributed by atoms with van der Waals surface area (Å²) in [4.78, 5) is 30.0. The number of esters is 1. The van der Waals surface area contributed by atoms with Crippen molar-refractivity contribution in [1.29, 1.82) is 0 Å². The molecular formula is C33H43NO8S. The van der Waals surface area contributed by atoms with Gasteiger partial charge in [-0.1, -0.05) is 13.8 Å². The summed E-state index contributed by atoms with van der Waals surface area (Å²) in [5.41, 5.74) is -0.710. The van der Waals surface area contributed by atoms with Gasteiger partial charge in [0.1, 0.15) is 17.9 Å². The maximum atomic E-state index is 13.4. The Morgan fingerprint density at radius 1 is 1.07 bits per heavy atom. The molecule has 0 amide bonds. The molecule has 4 heterocycles. The van der Waals surface area contributed by atoms with Gasteiger partial charge in [0.05, 0.1) is 23.9 Å². The highest BCUT2D eigenvalue weighted by Gasteiger charge is 2.73. The summed E-state index contributed by atoms with van der Waals surface area (Å²) >= 11 is 1.58. The molecule has 8 aliphatic rings. The first-order valence-electron chi connectivity index (χ1n) is 16.1. The van der Waals surface area contributed by atoms with Crippen molar-refractivity contribution >= 4 is 30.2 Å². The maximum absolute atomic E-state index is 13.4. The Balaban J connectivity index is 1.11. The van der Waals surface area contributed by atoms with E-state index in [1.54, 1.807) is 17.8 Å². The highest BCUT2D eigenvalue weighted by molar-refractivity contribution is 8.04. The smallest absolute Gasteiger partial charge is 0.331 e. The van der Waals surface area contributed by atoms with Crippen molar-refractivity contribution in [2.45, 2.75) is 115 Å². The van der Waals surface area contributed by atoms with Crippen molar-refractivity contribution in [1.82, 2.24) is 0 Å². The number of thioether (sulfide) groups is 1. The molecule has 4 saturated carbocycles. The van der Waals surface area contributed by atoms with Crippen molar-refractivity contribution < 1.29 is 38.7 Å². The first kappa shape index (κ1) is 28.9. The number of ether oxygens (including phenoxy) is 4. The zero-order chi connectivity index (χ0) is 30.0. The molecule has 10 heteroatoms. The molecular weight excluding hydrogens is 570 g/mol. The van der Waals surface area contributed by atoms with E-state index in [0.29, 0.717) is 37.9 Å². The third-order valence-electron chi connectivity index (χ3n) is 13.6. The molecule has 12 unspecified atom stereocenters. The Hall–Kier alpha value is -1.56.